The van der Waals surface area contributed by atoms with Crippen LogP contribution < -0.4 is 10.6 Å². The van der Waals surface area contributed by atoms with Crippen molar-refractivity contribution in [2.45, 2.75) is 27.7 Å². The first-order chi connectivity index (χ1) is 11.8. The summed E-state index contributed by atoms with van der Waals surface area (Å²) in [6.07, 6.45) is 0. The van der Waals surface area contributed by atoms with E-state index < -0.39 is 0 Å². The zero-order chi connectivity index (χ0) is 18.4. The molecule has 0 saturated heterocycles. The van der Waals surface area contributed by atoms with E-state index in [4.69, 9.17) is 4.74 Å². The van der Waals surface area contributed by atoms with Gasteiger partial charge in [0.2, 0.25) is 11.8 Å². The largest absolute Gasteiger partial charge is 0.362 e. The molecular weight excluding hydrogens is 316 g/mol. The van der Waals surface area contributed by atoms with Crippen molar-refractivity contribution in [2.75, 3.05) is 23.8 Å². The van der Waals surface area contributed by atoms with Crippen molar-refractivity contribution in [1.82, 2.24) is 0 Å². The van der Waals surface area contributed by atoms with Crippen molar-refractivity contribution in [1.29, 1.82) is 0 Å². The summed E-state index contributed by atoms with van der Waals surface area (Å²) in [7, 11) is 0. The fourth-order valence-electron chi connectivity index (χ4n) is 2.71. The molecule has 2 aromatic rings. The Morgan fingerprint density at radius 3 is 2.04 bits per heavy atom. The van der Waals surface area contributed by atoms with Crippen LogP contribution in [0.15, 0.2) is 36.4 Å². The molecule has 2 rings (SSSR count). The summed E-state index contributed by atoms with van der Waals surface area (Å²) in [4.78, 5) is 23.9. The minimum absolute atomic E-state index is 0.173. The van der Waals surface area contributed by atoms with E-state index in [-0.39, 0.29) is 25.0 Å². The maximum atomic E-state index is 12.0. The summed E-state index contributed by atoms with van der Waals surface area (Å²) in [5.41, 5.74) is 5.72. The molecule has 0 aromatic heterocycles. The molecular formula is C20H24N2O3. The van der Waals surface area contributed by atoms with Crippen LogP contribution in [0.3, 0.4) is 0 Å². The molecule has 2 N–H and O–H groups in total. The van der Waals surface area contributed by atoms with Crippen molar-refractivity contribution < 1.29 is 14.3 Å². The number of ether oxygens (including phenoxy) is 1. The van der Waals surface area contributed by atoms with E-state index in [1.807, 2.05) is 58.0 Å². The third kappa shape index (κ3) is 5.72. The van der Waals surface area contributed by atoms with Gasteiger partial charge in [-0.15, -0.1) is 0 Å². The summed E-state index contributed by atoms with van der Waals surface area (Å²) in [6, 6.07) is 11.5. The number of rotatable bonds is 6. The van der Waals surface area contributed by atoms with Gasteiger partial charge in [-0.2, -0.15) is 0 Å². The molecule has 5 nitrogen and oxygen atoms in total. The fraction of sp³-hybridized carbons (Fsp3) is 0.300. The monoisotopic (exact) mass is 340 g/mol. The van der Waals surface area contributed by atoms with Gasteiger partial charge in [-0.1, -0.05) is 29.8 Å². The van der Waals surface area contributed by atoms with Gasteiger partial charge in [0.15, 0.2) is 0 Å². The highest BCUT2D eigenvalue weighted by Crippen LogP contribution is 2.21. The third-order valence-electron chi connectivity index (χ3n) is 3.71. The number of hydrogen-bond acceptors (Lipinski definition) is 3. The molecule has 0 spiro atoms. The smallest absolute Gasteiger partial charge is 0.250 e. The van der Waals surface area contributed by atoms with Gasteiger partial charge in [0.25, 0.3) is 0 Å². The van der Waals surface area contributed by atoms with Gasteiger partial charge in [-0.3, -0.25) is 9.59 Å². The quantitative estimate of drug-likeness (QED) is 0.845. The lowest BCUT2D eigenvalue weighted by Gasteiger charge is -2.13. The normalized spacial score (nSPS) is 10.4. The first-order valence-corrected chi connectivity index (χ1v) is 8.17. The Balaban J connectivity index is 1.80. The molecule has 0 aliphatic carbocycles. The average molecular weight is 340 g/mol. The van der Waals surface area contributed by atoms with Gasteiger partial charge < -0.3 is 15.4 Å². The van der Waals surface area contributed by atoms with Gasteiger partial charge in [-0.25, -0.2) is 0 Å². The number of aryl methyl sites for hydroxylation is 4. The SMILES string of the molecule is Cc1cccc(NC(=O)COCC(=O)Nc2c(C)cc(C)cc2C)c1. The second-order valence-corrected chi connectivity index (χ2v) is 6.23. The summed E-state index contributed by atoms with van der Waals surface area (Å²) in [5.74, 6) is -0.570. The Kier molecular flexibility index (Phi) is 6.31. The van der Waals surface area contributed by atoms with Gasteiger partial charge >= 0.3 is 0 Å². The number of carbonyl (C=O) groups is 2. The molecule has 0 radical (unpaired) electrons. The van der Waals surface area contributed by atoms with Crippen LogP contribution in [0.5, 0.6) is 0 Å². The Hall–Kier alpha value is -2.66. The van der Waals surface area contributed by atoms with Crippen molar-refractivity contribution in [3.05, 3.63) is 58.7 Å². The van der Waals surface area contributed by atoms with Crippen molar-refractivity contribution in [3.63, 3.8) is 0 Å². The van der Waals surface area contributed by atoms with Crippen molar-refractivity contribution >= 4 is 23.2 Å². The molecule has 0 atom stereocenters. The highest BCUT2D eigenvalue weighted by atomic mass is 16.5. The predicted octanol–water partition coefficient (Wildman–Crippen LogP) is 3.51. The molecule has 5 heteroatoms. The van der Waals surface area contributed by atoms with Gasteiger partial charge in [-0.05, 0) is 56.5 Å². The summed E-state index contributed by atoms with van der Waals surface area (Å²) in [5, 5.41) is 5.58. The van der Waals surface area contributed by atoms with Crippen LogP contribution in [-0.4, -0.2) is 25.0 Å². The molecule has 0 aliphatic rings. The van der Waals surface area contributed by atoms with E-state index in [0.717, 1.165) is 27.9 Å². The van der Waals surface area contributed by atoms with Crippen LogP contribution in [-0.2, 0) is 14.3 Å². The van der Waals surface area contributed by atoms with Gasteiger partial charge in [0, 0.05) is 11.4 Å². The van der Waals surface area contributed by atoms with Crippen LogP contribution >= 0.6 is 0 Å². The summed E-state index contributed by atoms with van der Waals surface area (Å²) >= 11 is 0. The number of anilines is 2. The number of hydrogen-bond donors (Lipinski definition) is 2. The van der Waals surface area contributed by atoms with Gasteiger partial charge in [0.1, 0.15) is 13.2 Å². The molecule has 0 saturated carbocycles. The lowest BCUT2D eigenvalue weighted by atomic mass is 10.1. The van der Waals surface area contributed by atoms with Crippen LogP contribution in [0.4, 0.5) is 11.4 Å². The highest BCUT2D eigenvalue weighted by molar-refractivity contribution is 5.94. The molecule has 0 fully saturated rings. The topological polar surface area (TPSA) is 67.4 Å². The van der Waals surface area contributed by atoms with Crippen LogP contribution in [0.2, 0.25) is 0 Å². The lowest BCUT2D eigenvalue weighted by molar-refractivity contribution is -0.125. The number of amides is 2. The summed E-state index contributed by atoms with van der Waals surface area (Å²) in [6.45, 7) is 7.52. The zero-order valence-electron chi connectivity index (χ0n) is 15.1. The zero-order valence-corrected chi connectivity index (χ0v) is 15.1. The molecule has 0 aliphatic heterocycles. The first-order valence-electron chi connectivity index (χ1n) is 8.17. The van der Waals surface area contributed by atoms with Gasteiger partial charge in [0.05, 0.1) is 0 Å². The number of nitrogens with one attached hydrogen (secondary N) is 2. The van der Waals surface area contributed by atoms with E-state index in [2.05, 4.69) is 10.6 Å². The fourth-order valence-corrected chi connectivity index (χ4v) is 2.71. The highest BCUT2D eigenvalue weighted by Gasteiger charge is 2.10. The second-order valence-electron chi connectivity index (χ2n) is 6.23. The van der Waals surface area contributed by atoms with E-state index in [9.17, 15) is 9.59 Å². The maximum Gasteiger partial charge on any atom is 0.250 e. The molecule has 2 amide bonds. The molecule has 0 bridgehead atoms. The minimum Gasteiger partial charge on any atom is -0.362 e. The second kappa shape index (κ2) is 8.44. The molecule has 2 aromatic carbocycles. The standard InChI is InChI=1S/C20H24N2O3/c1-13-6-5-7-17(10-13)21-18(23)11-25-12-19(24)22-20-15(3)8-14(2)9-16(20)4/h5-10H,11-12H2,1-4H3,(H,21,23)(H,22,24). The van der Waals surface area contributed by atoms with Crippen molar-refractivity contribution in [3.8, 4) is 0 Å². The molecule has 25 heavy (non-hydrogen) atoms. The van der Waals surface area contributed by atoms with Crippen LogP contribution in [0, 0.1) is 27.7 Å². The predicted molar refractivity (Wildman–Crippen MR) is 99.9 cm³/mol. The van der Waals surface area contributed by atoms with E-state index in [0.29, 0.717) is 5.69 Å². The Bertz CT molecular complexity index is 761. The average Bonchev–Trinajstić information content (AvgIpc) is 2.51. The number of carbonyl (C=O) groups excluding carboxylic acids is 2. The molecule has 0 unspecified atom stereocenters. The molecule has 132 valence electrons. The Labute approximate surface area is 148 Å². The van der Waals surface area contributed by atoms with Crippen LogP contribution in [0.1, 0.15) is 22.3 Å². The third-order valence-corrected chi connectivity index (χ3v) is 3.71. The summed E-state index contributed by atoms with van der Waals surface area (Å²) < 4.78 is 5.21. The maximum absolute atomic E-state index is 12.0. The first kappa shape index (κ1) is 18.7. The van der Waals surface area contributed by atoms with E-state index in [1.165, 1.54) is 0 Å². The number of benzene rings is 2. The van der Waals surface area contributed by atoms with E-state index in [1.54, 1.807) is 6.07 Å². The van der Waals surface area contributed by atoms with E-state index >= 15 is 0 Å². The minimum atomic E-state index is -0.291. The Morgan fingerprint density at radius 2 is 1.44 bits per heavy atom. The lowest BCUT2D eigenvalue weighted by Crippen LogP contribution is -2.24. The van der Waals surface area contributed by atoms with Crippen molar-refractivity contribution in [2.24, 2.45) is 0 Å². The van der Waals surface area contributed by atoms with Crippen LogP contribution in [0.25, 0.3) is 0 Å². The Morgan fingerprint density at radius 1 is 0.840 bits per heavy atom. The molecule has 0 heterocycles.